The number of esters is 1. The SMILES string of the molecule is Cc1ccc(CCC(=O)Oc2ccc(Cl)cc2)cc1. The minimum absolute atomic E-state index is 0.233. The van der Waals surface area contributed by atoms with Crippen LogP contribution in [0.25, 0.3) is 0 Å². The largest absolute Gasteiger partial charge is 0.427 e. The summed E-state index contributed by atoms with van der Waals surface area (Å²) >= 11 is 5.76. The van der Waals surface area contributed by atoms with E-state index in [9.17, 15) is 4.79 Å². The highest BCUT2D eigenvalue weighted by Crippen LogP contribution is 2.16. The number of rotatable bonds is 4. The molecule has 0 amide bonds. The fourth-order valence-corrected chi connectivity index (χ4v) is 1.81. The van der Waals surface area contributed by atoms with Gasteiger partial charge in [0, 0.05) is 11.4 Å². The van der Waals surface area contributed by atoms with Gasteiger partial charge in [0.2, 0.25) is 0 Å². The summed E-state index contributed by atoms with van der Waals surface area (Å²) in [6.45, 7) is 2.04. The van der Waals surface area contributed by atoms with E-state index in [4.69, 9.17) is 16.3 Å². The van der Waals surface area contributed by atoms with Crippen molar-refractivity contribution >= 4 is 17.6 Å². The Hall–Kier alpha value is -1.80. The second-order valence-corrected chi connectivity index (χ2v) is 4.85. The molecule has 2 rings (SSSR count). The van der Waals surface area contributed by atoms with Crippen molar-refractivity contribution in [3.8, 4) is 5.75 Å². The average Bonchev–Trinajstić information content (AvgIpc) is 2.41. The lowest BCUT2D eigenvalue weighted by Gasteiger charge is -2.04. The van der Waals surface area contributed by atoms with Gasteiger partial charge < -0.3 is 4.74 Å². The Bertz CT molecular complexity index is 544. The van der Waals surface area contributed by atoms with Crippen molar-refractivity contribution in [2.24, 2.45) is 0 Å². The maximum Gasteiger partial charge on any atom is 0.311 e. The predicted octanol–water partition coefficient (Wildman–Crippen LogP) is 4.19. The highest BCUT2D eigenvalue weighted by Gasteiger charge is 2.05. The number of halogens is 1. The Morgan fingerprint density at radius 2 is 1.68 bits per heavy atom. The van der Waals surface area contributed by atoms with E-state index in [0.717, 1.165) is 5.56 Å². The van der Waals surface area contributed by atoms with Gasteiger partial charge in [0.1, 0.15) is 5.75 Å². The molecule has 0 unspecified atom stereocenters. The number of benzene rings is 2. The number of hydrogen-bond donors (Lipinski definition) is 0. The molecule has 3 heteroatoms. The monoisotopic (exact) mass is 274 g/mol. The van der Waals surface area contributed by atoms with E-state index in [0.29, 0.717) is 23.6 Å². The Labute approximate surface area is 118 Å². The summed E-state index contributed by atoms with van der Waals surface area (Å²) in [5.74, 6) is 0.293. The molecule has 0 atom stereocenters. The molecule has 0 aromatic heterocycles. The maximum atomic E-state index is 11.7. The van der Waals surface area contributed by atoms with E-state index in [1.54, 1.807) is 24.3 Å². The zero-order valence-corrected chi connectivity index (χ0v) is 11.5. The molecule has 0 spiro atoms. The normalized spacial score (nSPS) is 10.2. The van der Waals surface area contributed by atoms with Gasteiger partial charge in [-0.25, -0.2) is 0 Å². The standard InChI is InChI=1S/C16H15ClO2/c1-12-2-4-13(5-3-12)6-11-16(18)19-15-9-7-14(17)8-10-15/h2-5,7-10H,6,11H2,1H3. The minimum Gasteiger partial charge on any atom is -0.427 e. The van der Waals surface area contributed by atoms with Crippen molar-refractivity contribution in [3.05, 3.63) is 64.7 Å². The second-order valence-electron chi connectivity index (χ2n) is 4.41. The Morgan fingerprint density at radius 3 is 2.32 bits per heavy atom. The summed E-state index contributed by atoms with van der Waals surface area (Å²) in [5.41, 5.74) is 2.35. The van der Waals surface area contributed by atoms with Crippen LogP contribution in [-0.2, 0) is 11.2 Å². The maximum absolute atomic E-state index is 11.7. The van der Waals surface area contributed by atoms with E-state index in [2.05, 4.69) is 0 Å². The zero-order valence-electron chi connectivity index (χ0n) is 10.7. The van der Waals surface area contributed by atoms with Crippen LogP contribution in [-0.4, -0.2) is 5.97 Å². The summed E-state index contributed by atoms with van der Waals surface area (Å²) in [6.07, 6.45) is 1.05. The van der Waals surface area contributed by atoms with Crippen LogP contribution in [0.2, 0.25) is 5.02 Å². The van der Waals surface area contributed by atoms with Gasteiger partial charge in [0.05, 0.1) is 0 Å². The number of carbonyl (C=O) groups is 1. The first-order valence-electron chi connectivity index (χ1n) is 6.15. The van der Waals surface area contributed by atoms with Crippen molar-refractivity contribution in [2.45, 2.75) is 19.8 Å². The molecule has 0 saturated carbocycles. The highest BCUT2D eigenvalue weighted by molar-refractivity contribution is 6.30. The zero-order chi connectivity index (χ0) is 13.7. The van der Waals surface area contributed by atoms with Crippen LogP contribution in [0.4, 0.5) is 0 Å². The molecule has 0 bridgehead atoms. The lowest BCUT2D eigenvalue weighted by Crippen LogP contribution is -2.08. The molecule has 0 aliphatic heterocycles. The van der Waals surface area contributed by atoms with Gasteiger partial charge in [-0.1, -0.05) is 41.4 Å². The third kappa shape index (κ3) is 4.42. The van der Waals surface area contributed by atoms with Crippen LogP contribution in [0.1, 0.15) is 17.5 Å². The van der Waals surface area contributed by atoms with Crippen LogP contribution < -0.4 is 4.74 Å². The van der Waals surface area contributed by atoms with Crippen LogP contribution in [0.3, 0.4) is 0 Å². The second kappa shape index (κ2) is 6.39. The van der Waals surface area contributed by atoms with Crippen LogP contribution >= 0.6 is 11.6 Å². The Kier molecular flexibility index (Phi) is 4.58. The van der Waals surface area contributed by atoms with Gasteiger partial charge in [-0.2, -0.15) is 0 Å². The molecule has 0 N–H and O–H groups in total. The van der Waals surface area contributed by atoms with Gasteiger partial charge in [-0.15, -0.1) is 0 Å². The topological polar surface area (TPSA) is 26.3 Å². The molecule has 2 aromatic rings. The number of ether oxygens (including phenoxy) is 1. The summed E-state index contributed by atoms with van der Waals surface area (Å²) in [4.78, 5) is 11.7. The fraction of sp³-hybridized carbons (Fsp3) is 0.188. The third-order valence-electron chi connectivity index (χ3n) is 2.78. The minimum atomic E-state index is -0.233. The molecule has 0 saturated heterocycles. The summed E-state index contributed by atoms with van der Waals surface area (Å²) in [7, 11) is 0. The molecule has 2 nitrogen and oxygen atoms in total. The van der Waals surface area contributed by atoms with E-state index < -0.39 is 0 Å². The third-order valence-corrected chi connectivity index (χ3v) is 3.04. The van der Waals surface area contributed by atoms with Crippen molar-refractivity contribution < 1.29 is 9.53 Å². The molecule has 0 radical (unpaired) electrons. The number of hydrogen-bond acceptors (Lipinski definition) is 2. The van der Waals surface area contributed by atoms with Gasteiger partial charge in [-0.3, -0.25) is 4.79 Å². The summed E-state index contributed by atoms with van der Waals surface area (Å²) < 4.78 is 5.22. The number of aryl methyl sites for hydroxylation is 2. The van der Waals surface area contributed by atoms with Gasteiger partial charge in [0.25, 0.3) is 0 Å². The first-order valence-corrected chi connectivity index (χ1v) is 6.53. The van der Waals surface area contributed by atoms with Crippen molar-refractivity contribution in [2.75, 3.05) is 0 Å². The molecule has 0 aliphatic carbocycles. The van der Waals surface area contributed by atoms with Crippen LogP contribution in [0.15, 0.2) is 48.5 Å². The van der Waals surface area contributed by atoms with E-state index in [1.807, 2.05) is 31.2 Å². The molecular formula is C16H15ClO2. The first kappa shape index (κ1) is 13.6. The number of carbonyl (C=O) groups excluding carboxylic acids is 1. The predicted molar refractivity (Wildman–Crippen MR) is 76.6 cm³/mol. The quantitative estimate of drug-likeness (QED) is 0.617. The molecule has 0 fully saturated rings. The van der Waals surface area contributed by atoms with E-state index in [-0.39, 0.29) is 5.97 Å². The fourth-order valence-electron chi connectivity index (χ4n) is 1.69. The van der Waals surface area contributed by atoms with Crippen LogP contribution in [0.5, 0.6) is 5.75 Å². The molecule has 0 aliphatic rings. The van der Waals surface area contributed by atoms with Crippen molar-refractivity contribution in [1.82, 2.24) is 0 Å². The highest BCUT2D eigenvalue weighted by atomic mass is 35.5. The molecular weight excluding hydrogens is 260 g/mol. The molecule has 98 valence electrons. The van der Waals surface area contributed by atoms with Crippen molar-refractivity contribution in [1.29, 1.82) is 0 Å². The van der Waals surface area contributed by atoms with Crippen LogP contribution in [0, 0.1) is 6.92 Å². The van der Waals surface area contributed by atoms with Gasteiger partial charge >= 0.3 is 5.97 Å². The Balaban J connectivity index is 1.84. The Morgan fingerprint density at radius 1 is 1.05 bits per heavy atom. The van der Waals surface area contributed by atoms with E-state index >= 15 is 0 Å². The van der Waals surface area contributed by atoms with Gasteiger partial charge in [0.15, 0.2) is 0 Å². The first-order chi connectivity index (χ1) is 9.13. The lowest BCUT2D eigenvalue weighted by molar-refractivity contribution is -0.134. The molecule has 0 heterocycles. The van der Waals surface area contributed by atoms with Gasteiger partial charge in [-0.05, 0) is 43.2 Å². The lowest BCUT2D eigenvalue weighted by atomic mass is 10.1. The smallest absolute Gasteiger partial charge is 0.311 e. The summed E-state index contributed by atoms with van der Waals surface area (Å²) in [5, 5.41) is 0.624. The molecule has 19 heavy (non-hydrogen) atoms. The molecule has 2 aromatic carbocycles. The average molecular weight is 275 g/mol. The van der Waals surface area contributed by atoms with E-state index in [1.165, 1.54) is 5.56 Å². The van der Waals surface area contributed by atoms with Crippen molar-refractivity contribution in [3.63, 3.8) is 0 Å². The summed E-state index contributed by atoms with van der Waals surface area (Å²) in [6, 6.07) is 14.9.